The van der Waals surface area contributed by atoms with E-state index in [4.69, 9.17) is 9.47 Å². The molecule has 1 aliphatic rings. The van der Waals surface area contributed by atoms with E-state index in [1.54, 1.807) is 0 Å². The van der Waals surface area contributed by atoms with E-state index >= 15 is 0 Å². The Morgan fingerprint density at radius 3 is 2.94 bits per heavy atom. The molecule has 17 heavy (non-hydrogen) atoms. The number of para-hydroxylation sites is 1. The summed E-state index contributed by atoms with van der Waals surface area (Å²) in [6.45, 7) is 1.39. The van der Waals surface area contributed by atoms with Crippen molar-refractivity contribution in [2.24, 2.45) is 0 Å². The molecule has 1 amide bonds. The third-order valence-corrected chi connectivity index (χ3v) is 2.62. The Morgan fingerprint density at radius 1 is 1.41 bits per heavy atom. The first-order valence-electron chi connectivity index (χ1n) is 5.89. The molecule has 4 heteroatoms. The number of carbonyl (C=O) groups is 1. The summed E-state index contributed by atoms with van der Waals surface area (Å²) in [4.78, 5) is 11.5. The van der Waals surface area contributed by atoms with Crippen LogP contribution in [0.4, 0.5) is 5.69 Å². The van der Waals surface area contributed by atoms with Gasteiger partial charge in [-0.1, -0.05) is 18.2 Å². The highest BCUT2D eigenvalue weighted by Crippen LogP contribution is 2.11. The van der Waals surface area contributed by atoms with Crippen molar-refractivity contribution in [2.75, 3.05) is 25.1 Å². The van der Waals surface area contributed by atoms with Gasteiger partial charge >= 0.3 is 0 Å². The molecule has 1 aromatic rings. The monoisotopic (exact) mass is 235 g/mol. The minimum Gasteiger partial charge on any atom is -0.376 e. The third kappa shape index (κ3) is 4.17. The largest absolute Gasteiger partial charge is 0.376 e. The van der Waals surface area contributed by atoms with Crippen molar-refractivity contribution in [3.05, 3.63) is 30.3 Å². The van der Waals surface area contributed by atoms with Gasteiger partial charge in [0.15, 0.2) is 0 Å². The standard InChI is InChI=1S/C13H17NO3/c15-13(14-11-5-2-1-3-6-11)10-16-9-12-7-4-8-17-12/h1-3,5-6,12H,4,7-10H2,(H,14,15). The van der Waals surface area contributed by atoms with E-state index in [9.17, 15) is 4.79 Å². The molecule has 1 fully saturated rings. The number of carbonyl (C=O) groups excluding carboxylic acids is 1. The van der Waals surface area contributed by atoms with Crippen LogP contribution in [0, 0.1) is 0 Å². The van der Waals surface area contributed by atoms with Gasteiger partial charge in [-0.3, -0.25) is 4.79 Å². The summed E-state index contributed by atoms with van der Waals surface area (Å²) in [6, 6.07) is 9.35. The molecule has 1 N–H and O–H groups in total. The van der Waals surface area contributed by atoms with Crippen molar-refractivity contribution < 1.29 is 14.3 Å². The molecular weight excluding hydrogens is 218 g/mol. The molecule has 1 heterocycles. The fourth-order valence-electron chi connectivity index (χ4n) is 1.78. The van der Waals surface area contributed by atoms with Gasteiger partial charge < -0.3 is 14.8 Å². The minimum absolute atomic E-state index is 0.0781. The van der Waals surface area contributed by atoms with Crippen molar-refractivity contribution >= 4 is 11.6 Å². The molecule has 0 aliphatic carbocycles. The van der Waals surface area contributed by atoms with E-state index in [2.05, 4.69) is 5.32 Å². The summed E-state index contributed by atoms with van der Waals surface area (Å²) in [7, 11) is 0. The highest BCUT2D eigenvalue weighted by atomic mass is 16.5. The maximum atomic E-state index is 11.5. The van der Waals surface area contributed by atoms with Crippen LogP contribution in [-0.2, 0) is 14.3 Å². The molecule has 0 aromatic heterocycles. The van der Waals surface area contributed by atoms with Crippen molar-refractivity contribution in [3.8, 4) is 0 Å². The molecule has 1 unspecified atom stereocenters. The molecule has 92 valence electrons. The van der Waals surface area contributed by atoms with Crippen molar-refractivity contribution in [2.45, 2.75) is 18.9 Å². The van der Waals surface area contributed by atoms with Gasteiger partial charge in [-0.15, -0.1) is 0 Å². The van der Waals surface area contributed by atoms with Crippen LogP contribution in [0.5, 0.6) is 0 Å². The summed E-state index contributed by atoms with van der Waals surface area (Å²) in [5, 5.41) is 2.76. The molecule has 1 atom stereocenters. The number of nitrogens with one attached hydrogen (secondary N) is 1. The quantitative estimate of drug-likeness (QED) is 0.846. The Labute approximate surface area is 101 Å². The predicted octanol–water partition coefficient (Wildman–Crippen LogP) is 1.82. The van der Waals surface area contributed by atoms with Gasteiger partial charge in [0.25, 0.3) is 0 Å². The van der Waals surface area contributed by atoms with Gasteiger partial charge in [0.05, 0.1) is 12.7 Å². The molecule has 0 bridgehead atoms. The van der Waals surface area contributed by atoms with Crippen LogP contribution >= 0.6 is 0 Å². The molecule has 2 rings (SSSR count). The highest BCUT2D eigenvalue weighted by Gasteiger charge is 2.15. The van der Waals surface area contributed by atoms with Crippen molar-refractivity contribution in [1.29, 1.82) is 0 Å². The molecule has 4 nitrogen and oxygen atoms in total. The number of ether oxygens (including phenoxy) is 2. The molecule has 0 saturated carbocycles. The Bertz CT molecular complexity index is 347. The first-order valence-corrected chi connectivity index (χ1v) is 5.89. The topological polar surface area (TPSA) is 47.6 Å². The van der Waals surface area contributed by atoms with E-state index in [1.165, 1.54) is 0 Å². The second kappa shape index (κ2) is 6.37. The number of hydrogen-bond donors (Lipinski definition) is 1. The second-order valence-electron chi connectivity index (χ2n) is 4.06. The fraction of sp³-hybridized carbons (Fsp3) is 0.462. The molecule has 1 aliphatic heterocycles. The van der Waals surface area contributed by atoms with Crippen LogP contribution in [-0.4, -0.2) is 31.8 Å². The summed E-state index contributed by atoms with van der Waals surface area (Å²) < 4.78 is 10.7. The lowest BCUT2D eigenvalue weighted by Gasteiger charge is -2.10. The normalized spacial score (nSPS) is 19.2. The first kappa shape index (κ1) is 12.1. The zero-order valence-corrected chi connectivity index (χ0v) is 9.72. The Hall–Kier alpha value is -1.39. The number of rotatable bonds is 5. The predicted molar refractivity (Wildman–Crippen MR) is 64.9 cm³/mol. The van der Waals surface area contributed by atoms with Crippen LogP contribution in [0.25, 0.3) is 0 Å². The van der Waals surface area contributed by atoms with Crippen molar-refractivity contribution in [3.63, 3.8) is 0 Å². The van der Waals surface area contributed by atoms with Crippen LogP contribution in [0.2, 0.25) is 0 Å². The Kier molecular flexibility index (Phi) is 4.53. The van der Waals surface area contributed by atoms with E-state index in [-0.39, 0.29) is 18.6 Å². The first-order chi connectivity index (χ1) is 8.34. The maximum absolute atomic E-state index is 11.5. The Morgan fingerprint density at radius 2 is 2.24 bits per heavy atom. The Balaban J connectivity index is 1.64. The summed E-state index contributed by atoms with van der Waals surface area (Å²) in [5.41, 5.74) is 0.790. The zero-order chi connectivity index (χ0) is 11.9. The number of benzene rings is 1. The molecule has 1 aromatic carbocycles. The SMILES string of the molecule is O=C(COCC1CCCO1)Nc1ccccc1. The van der Waals surface area contributed by atoms with Gasteiger partial charge in [-0.2, -0.15) is 0 Å². The molecule has 0 radical (unpaired) electrons. The molecule has 1 saturated heterocycles. The lowest BCUT2D eigenvalue weighted by atomic mass is 10.2. The van der Waals surface area contributed by atoms with Gasteiger partial charge in [0.1, 0.15) is 6.61 Å². The molecular formula is C13H17NO3. The lowest BCUT2D eigenvalue weighted by Crippen LogP contribution is -2.22. The van der Waals surface area contributed by atoms with Crippen LogP contribution in [0.3, 0.4) is 0 Å². The third-order valence-electron chi connectivity index (χ3n) is 2.62. The minimum atomic E-state index is -0.130. The van der Waals surface area contributed by atoms with Crippen LogP contribution in [0.15, 0.2) is 30.3 Å². The van der Waals surface area contributed by atoms with Crippen LogP contribution < -0.4 is 5.32 Å². The average molecular weight is 235 g/mol. The van der Waals surface area contributed by atoms with E-state index in [0.717, 1.165) is 25.1 Å². The fourth-order valence-corrected chi connectivity index (χ4v) is 1.78. The maximum Gasteiger partial charge on any atom is 0.250 e. The van der Waals surface area contributed by atoms with E-state index in [1.807, 2.05) is 30.3 Å². The van der Waals surface area contributed by atoms with E-state index in [0.29, 0.717) is 6.61 Å². The average Bonchev–Trinajstić information content (AvgIpc) is 2.83. The van der Waals surface area contributed by atoms with Gasteiger partial charge in [0, 0.05) is 12.3 Å². The van der Waals surface area contributed by atoms with Gasteiger partial charge in [-0.05, 0) is 25.0 Å². The zero-order valence-electron chi connectivity index (χ0n) is 9.72. The number of hydrogen-bond acceptors (Lipinski definition) is 3. The number of anilines is 1. The summed E-state index contributed by atoms with van der Waals surface area (Å²) >= 11 is 0. The second-order valence-corrected chi connectivity index (χ2v) is 4.06. The highest BCUT2D eigenvalue weighted by molar-refractivity contribution is 5.91. The lowest BCUT2D eigenvalue weighted by molar-refractivity contribution is -0.121. The van der Waals surface area contributed by atoms with Crippen molar-refractivity contribution in [1.82, 2.24) is 0 Å². The summed E-state index contributed by atoms with van der Waals surface area (Å²) in [5.74, 6) is -0.130. The van der Waals surface area contributed by atoms with Crippen LogP contribution in [0.1, 0.15) is 12.8 Å². The van der Waals surface area contributed by atoms with E-state index < -0.39 is 0 Å². The van der Waals surface area contributed by atoms with Gasteiger partial charge in [0.2, 0.25) is 5.91 Å². The summed E-state index contributed by atoms with van der Waals surface area (Å²) in [6.07, 6.45) is 2.28. The number of amides is 1. The molecule has 0 spiro atoms. The smallest absolute Gasteiger partial charge is 0.250 e. The van der Waals surface area contributed by atoms with Gasteiger partial charge in [-0.25, -0.2) is 0 Å².